The summed E-state index contributed by atoms with van der Waals surface area (Å²) in [6.45, 7) is 10.1. The van der Waals surface area contributed by atoms with E-state index in [-0.39, 0.29) is 36.4 Å². The van der Waals surface area contributed by atoms with Gasteiger partial charge in [-0.25, -0.2) is 19.6 Å². The molecule has 4 atom stereocenters. The molecule has 4 heterocycles. The summed E-state index contributed by atoms with van der Waals surface area (Å²) in [6.07, 6.45) is 6.01. The number of hydrogen-bond donors (Lipinski definition) is 2. The van der Waals surface area contributed by atoms with Crippen molar-refractivity contribution in [1.29, 1.82) is 0 Å². The molecule has 0 spiro atoms. The van der Waals surface area contributed by atoms with Gasteiger partial charge in [0.15, 0.2) is 0 Å². The highest BCUT2D eigenvalue weighted by molar-refractivity contribution is 5.77. The molecule has 2 aliphatic heterocycles. The van der Waals surface area contributed by atoms with Gasteiger partial charge in [0.05, 0.1) is 41.1 Å². The molecule has 0 unspecified atom stereocenters. The predicted molar refractivity (Wildman–Crippen MR) is 178 cm³/mol. The van der Waals surface area contributed by atoms with Crippen LogP contribution in [0.2, 0.25) is 0 Å². The van der Waals surface area contributed by atoms with Crippen LogP contribution in [0.1, 0.15) is 102 Å². The summed E-state index contributed by atoms with van der Waals surface area (Å²) in [7, 11) is 0. The second kappa shape index (κ2) is 12.1. The Kier molecular flexibility index (Phi) is 7.95. The largest absolute Gasteiger partial charge is 0.447 e. The standard InChI is InChI=1S/C37H42N6O4/c1-22(2)46-35(44)42-18-6-7-31(42)33-39-28-17-12-24(19-29(28)40-33)9-8-23-10-13-25(14-11-23)30-21-38-34(41-30)32-26-15-16-27(20-26)43(32)36(45)47-37(3,4)5/h10-14,17,19,21-22,26-27,31-32H,6-7,15-16,18,20H2,1-5H3,(H,38,41)(H,39,40)/t26-,27+,31-,32-/m0/s1. The lowest BCUT2D eigenvalue weighted by atomic mass is 9.98. The van der Waals surface area contributed by atoms with Gasteiger partial charge in [-0.3, -0.25) is 9.80 Å². The molecule has 244 valence electrons. The topological polar surface area (TPSA) is 116 Å². The van der Waals surface area contributed by atoms with E-state index in [4.69, 9.17) is 19.4 Å². The number of imidazole rings is 2. The number of rotatable bonds is 4. The second-order valence-corrected chi connectivity index (χ2v) is 14.2. The summed E-state index contributed by atoms with van der Waals surface area (Å²) in [4.78, 5) is 45.9. The van der Waals surface area contributed by atoms with Crippen molar-refractivity contribution in [2.75, 3.05) is 6.54 Å². The van der Waals surface area contributed by atoms with Gasteiger partial charge in [0.2, 0.25) is 0 Å². The van der Waals surface area contributed by atoms with Gasteiger partial charge >= 0.3 is 12.2 Å². The van der Waals surface area contributed by atoms with E-state index >= 15 is 0 Å². The molecule has 0 radical (unpaired) electrons. The Labute approximate surface area is 275 Å². The summed E-state index contributed by atoms with van der Waals surface area (Å²) < 4.78 is 11.2. The Morgan fingerprint density at radius 2 is 1.72 bits per heavy atom. The highest BCUT2D eigenvalue weighted by Gasteiger charge is 2.51. The van der Waals surface area contributed by atoms with Crippen molar-refractivity contribution in [2.45, 2.75) is 96.6 Å². The summed E-state index contributed by atoms with van der Waals surface area (Å²) >= 11 is 0. The minimum atomic E-state index is -0.541. The van der Waals surface area contributed by atoms with Gasteiger partial charge in [-0.15, -0.1) is 0 Å². The molecule has 10 heteroatoms. The van der Waals surface area contributed by atoms with Crippen molar-refractivity contribution in [1.82, 2.24) is 29.7 Å². The molecule has 1 aliphatic carbocycles. The first-order valence-corrected chi connectivity index (χ1v) is 16.7. The monoisotopic (exact) mass is 634 g/mol. The van der Waals surface area contributed by atoms with Gasteiger partial charge in [-0.1, -0.05) is 24.0 Å². The second-order valence-electron chi connectivity index (χ2n) is 14.2. The van der Waals surface area contributed by atoms with Crippen LogP contribution in [-0.4, -0.2) is 66.2 Å². The Hall–Kier alpha value is -4.78. The van der Waals surface area contributed by atoms with E-state index in [1.54, 1.807) is 4.90 Å². The van der Waals surface area contributed by atoms with Gasteiger partial charge in [-0.05, 0) is 109 Å². The maximum atomic E-state index is 13.1. The van der Waals surface area contributed by atoms with Crippen LogP contribution in [0.4, 0.5) is 9.59 Å². The number of aromatic nitrogens is 4. The van der Waals surface area contributed by atoms with Crippen LogP contribution >= 0.6 is 0 Å². The third-order valence-corrected chi connectivity index (χ3v) is 9.25. The third-order valence-electron chi connectivity index (χ3n) is 9.25. The minimum absolute atomic E-state index is 0.0936. The average Bonchev–Trinajstić information content (AvgIpc) is 3.85. The van der Waals surface area contributed by atoms with E-state index in [1.165, 1.54) is 0 Å². The fraction of sp³-hybridized carbons (Fsp3) is 0.459. The molecule has 2 saturated heterocycles. The molecule has 2 bridgehead atoms. The molecular weight excluding hydrogens is 592 g/mol. The first-order valence-electron chi connectivity index (χ1n) is 16.7. The number of amides is 2. The molecule has 2 N–H and O–H groups in total. The molecular formula is C37H42N6O4. The van der Waals surface area contributed by atoms with Crippen molar-refractivity contribution in [3.8, 4) is 23.1 Å². The van der Waals surface area contributed by atoms with E-state index in [0.29, 0.717) is 12.5 Å². The Morgan fingerprint density at radius 3 is 2.49 bits per heavy atom. The van der Waals surface area contributed by atoms with E-state index in [2.05, 4.69) is 21.8 Å². The summed E-state index contributed by atoms with van der Waals surface area (Å²) in [5.74, 6) is 8.52. The van der Waals surface area contributed by atoms with Gasteiger partial charge in [0.1, 0.15) is 17.2 Å². The molecule has 2 aromatic heterocycles. The first kappa shape index (κ1) is 30.9. The summed E-state index contributed by atoms with van der Waals surface area (Å²) in [6, 6.07) is 14.0. The van der Waals surface area contributed by atoms with Crippen molar-refractivity contribution >= 4 is 23.2 Å². The molecule has 2 aromatic carbocycles. The lowest BCUT2D eigenvalue weighted by molar-refractivity contribution is 0.00619. The van der Waals surface area contributed by atoms with Gasteiger partial charge in [-0.2, -0.15) is 0 Å². The molecule has 3 aliphatic rings. The van der Waals surface area contributed by atoms with Crippen molar-refractivity contribution in [3.05, 3.63) is 71.4 Å². The summed E-state index contributed by atoms with van der Waals surface area (Å²) in [5, 5.41) is 0. The molecule has 7 rings (SSSR count). The first-order chi connectivity index (χ1) is 22.5. The van der Waals surface area contributed by atoms with Crippen LogP contribution in [0, 0.1) is 17.8 Å². The number of benzene rings is 2. The third kappa shape index (κ3) is 6.31. The fourth-order valence-corrected chi connectivity index (χ4v) is 7.23. The maximum absolute atomic E-state index is 13.1. The van der Waals surface area contributed by atoms with Crippen molar-refractivity contribution in [2.24, 2.45) is 5.92 Å². The van der Waals surface area contributed by atoms with Crippen LogP contribution < -0.4 is 0 Å². The molecule has 2 amide bonds. The zero-order chi connectivity index (χ0) is 32.9. The highest BCUT2D eigenvalue weighted by atomic mass is 16.6. The molecule has 4 aromatic rings. The highest BCUT2D eigenvalue weighted by Crippen LogP contribution is 2.50. The van der Waals surface area contributed by atoms with Crippen LogP contribution in [0.15, 0.2) is 48.7 Å². The number of likely N-dealkylation sites (tertiary alicyclic amines) is 2. The number of carbonyl (C=O) groups excluding carboxylic acids is 2. The van der Waals surface area contributed by atoms with Crippen molar-refractivity contribution in [3.63, 3.8) is 0 Å². The van der Waals surface area contributed by atoms with E-state index in [1.807, 2.05) is 88.2 Å². The van der Waals surface area contributed by atoms with Gasteiger partial charge in [0.25, 0.3) is 0 Å². The van der Waals surface area contributed by atoms with E-state index in [0.717, 1.165) is 77.2 Å². The van der Waals surface area contributed by atoms with Crippen molar-refractivity contribution < 1.29 is 19.1 Å². The predicted octanol–water partition coefficient (Wildman–Crippen LogP) is 7.50. The molecule has 10 nitrogen and oxygen atoms in total. The molecule has 3 fully saturated rings. The number of fused-ring (bicyclic) bond motifs is 3. The molecule has 1 saturated carbocycles. The quantitative estimate of drug-likeness (QED) is 0.225. The number of hydrogen-bond acceptors (Lipinski definition) is 6. The van der Waals surface area contributed by atoms with Gasteiger partial charge in [0, 0.05) is 23.7 Å². The zero-order valence-corrected chi connectivity index (χ0v) is 27.7. The number of nitrogens with one attached hydrogen (secondary N) is 2. The number of carbonyl (C=O) groups is 2. The zero-order valence-electron chi connectivity index (χ0n) is 27.7. The summed E-state index contributed by atoms with van der Waals surface area (Å²) in [5.41, 5.74) is 4.86. The number of H-pyrrole nitrogens is 2. The number of piperidine rings is 1. The van der Waals surface area contributed by atoms with Crippen LogP contribution in [0.5, 0.6) is 0 Å². The lowest BCUT2D eigenvalue weighted by Crippen LogP contribution is -2.43. The maximum Gasteiger partial charge on any atom is 0.411 e. The smallest absolute Gasteiger partial charge is 0.411 e. The number of nitrogens with zero attached hydrogens (tertiary/aromatic N) is 4. The van der Waals surface area contributed by atoms with E-state index in [9.17, 15) is 9.59 Å². The molecule has 47 heavy (non-hydrogen) atoms. The van der Waals surface area contributed by atoms with Crippen LogP contribution in [0.3, 0.4) is 0 Å². The fourth-order valence-electron chi connectivity index (χ4n) is 7.23. The Morgan fingerprint density at radius 1 is 0.957 bits per heavy atom. The van der Waals surface area contributed by atoms with Crippen LogP contribution in [0.25, 0.3) is 22.3 Å². The normalized spacial score (nSPS) is 22.2. The number of aromatic amines is 2. The number of ether oxygens (including phenoxy) is 2. The SMILES string of the molecule is CC(C)OC(=O)N1CCC[C@H]1c1nc2cc(C#Cc3ccc(-c4cnc([C@@H]5[C@H]6CC[C@H](C6)N5C(=O)OC(C)(C)C)[nH]4)cc3)ccc2[nH]1. The van der Waals surface area contributed by atoms with E-state index < -0.39 is 5.60 Å². The Balaban J connectivity index is 1.04. The Bertz CT molecular complexity index is 1860. The minimum Gasteiger partial charge on any atom is -0.447 e. The van der Waals surface area contributed by atoms with Crippen LogP contribution in [-0.2, 0) is 9.47 Å². The van der Waals surface area contributed by atoms with Gasteiger partial charge < -0.3 is 19.4 Å². The average molecular weight is 635 g/mol. The lowest BCUT2D eigenvalue weighted by Gasteiger charge is -2.35.